The lowest BCUT2D eigenvalue weighted by molar-refractivity contribution is -0.0503. The molecule has 0 aromatic heterocycles. The molecule has 0 fully saturated rings. The number of aryl methyl sites for hydroxylation is 1. The first-order chi connectivity index (χ1) is 8.36. The fraction of sp³-hybridized carbons (Fsp3) is 0.417. The molecule has 2 nitrogen and oxygen atoms in total. The molecule has 1 aromatic rings. The van der Waals surface area contributed by atoms with Gasteiger partial charge < -0.3 is 4.74 Å². The number of hydrogen-bond acceptors (Lipinski definition) is 2. The van der Waals surface area contributed by atoms with E-state index in [0.29, 0.717) is 0 Å². The number of ketones is 1. The van der Waals surface area contributed by atoms with E-state index in [-0.39, 0.29) is 17.5 Å². The molecule has 0 amide bonds. The number of carbonyl (C=O) groups is 1. The number of rotatable bonds is 5. The summed E-state index contributed by atoms with van der Waals surface area (Å²) in [5, 5.41) is 0. The Morgan fingerprint density at radius 1 is 1.28 bits per heavy atom. The summed E-state index contributed by atoms with van der Waals surface area (Å²) < 4.78 is 53.8. The van der Waals surface area contributed by atoms with E-state index in [1.54, 1.807) is 6.92 Å². The van der Waals surface area contributed by atoms with Gasteiger partial charge in [-0.15, -0.1) is 0 Å². The monoisotopic (exact) mass is 264 g/mol. The summed E-state index contributed by atoms with van der Waals surface area (Å²) in [6.45, 7) is -0.348. The Bertz CT molecular complexity index is 444. The van der Waals surface area contributed by atoms with E-state index < -0.39 is 30.1 Å². The van der Waals surface area contributed by atoms with Gasteiger partial charge in [0, 0.05) is 5.56 Å². The number of alkyl halides is 4. The quantitative estimate of drug-likeness (QED) is 0.593. The van der Waals surface area contributed by atoms with Crippen molar-refractivity contribution in [3.63, 3.8) is 0 Å². The number of carbonyl (C=O) groups excluding carboxylic acids is 1. The molecule has 0 radical (unpaired) electrons. The van der Waals surface area contributed by atoms with Crippen LogP contribution in [0, 0.1) is 0 Å². The Morgan fingerprint density at radius 3 is 2.28 bits per heavy atom. The Labute approximate surface area is 102 Å². The minimum atomic E-state index is -3.17. The van der Waals surface area contributed by atoms with Crippen LogP contribution in [0.4, 0.5) is 17.6 Å². The van der Waals surface area contributed by atoms with Crippen molar-refractivity contribution in [2.45, 2.75) is 33.3 Å². The van der Waals surface area contributed by atoms with Crippen LogP contribution < -0.4 is 4.74 Å². The Morgan fingerprint density at radius 2 is 1.89 bits per heavy atom. The van der Waals surface area contributed by atoms with Crippen LogP contribution in [0.5, 0.6) is 5.75 Å². The molecule has 1 aromatic carbocycles. The maximum Gasteiger partial charge on any atom is 0.387 e. The molecule has 0 heterocycles. The van der Waals surface area contributed by atoms with Gasteiger partial charge >= 0.3 is 6.61 Å². The van der Waals surface area contributed by atoms with Gasteiger partial charge in [-0.1, -0.05) is 6.92 Å². The highest BCUT2D eigenvalue weighted by atomic mass is 19.3. The van der Waals surface area contributed by atoms with Gasteiger partial charge in [-0.2, -0.15) is 8.78 Å². The summed E-state index contributed by atoms with van der Waals surface area (Å²) in [5.41, 5.74) is -0.231. The number of Topliss-reactive ketones (excluding diaryl/α,β-unsaturated/α-hetero) is 1. The molecule has 0 atom stereocenters. The van der Waals surface area contributed by atoms with Crippen molar-refractivity contribution in [2.24, 2.45) is 0 Å². The fourth-order valence-electron chi connectivity index (χ4n) is 1.69. The zero-order chi connectivity index (χ0) is 13.9. The van der Waals surface area contributed by atoms with Gasteiger partial charge in [0.2, 0.25) is 0 Å². The first-order valence-electron chi connectivity index (χ1n) is 5.27. The zero-order valence-corrected chi connectivity index (χ0v) is 9.84. The second kappa shape index (κ2) is 5.84. The zero-order valence-electron chi connectivity index (χ0n) is 9.84. The molecule has 0 aliphatic rings. The lowest BCUT2D eigenvalue weighted by Gasteiger charge is -2.14. The first-order valence-corrected chi connectivity index (χ1v) is 5.27. The van der Waals surface area contributed by atoms with Crippen molar-refractivity contribution >= 4 is 5.78 Å². The van der Waals surface area contributed by atoms with E-state index in [1.165, 1.54) is 6.92 Å². The number of ether oxygens (including phenoxy) is 1. The van der Waals surface area contributed by atoms with E-state index in [0.717, 1.165) is 12.1 Å². The molecule has 0 saturated carbocycles. The first kappa shape index (κ1) is 14.5. The van der Waals surface area contributed by atoms with Crippen molar-refractivity contribution < 1.29 is 27.1 Å². The number of hydrogen-bond donors (Lipinski definition) is 0. The van der Waals surface area contributed by atoms with E-state index in [2.05, 4.69) is 4.74 Å². The van der Waals surface area contributed by atoms with Crippen molar-refractivity contribution in [1.29, 1.82) is 0 Å². The second-order valence-electron chi connectivity index (χ2n) is 3.64. The topological polar surface area (TPSA) is 26.3 Å². The SMILES string of the molecule is CCc1cc(C(F)F)cc(OC(F)F)c1C(C)=O. The highest BCUT2D eigenvalue weighted by molar-refractivity contribution is 5.98. The molecule has 0 saturated heterocycles. The molecule has 0 aliphatic carbocycles. The Balaban J connectivity index is 3.41. The molecule has 0 unspecified atom stereocenters. The van der Waals surface area contributed by atoms with Gasteiger partial charge in [-0.25, -0.2) is 8.78 Å². The molecular formula is C12H12F4O2. The van der Waals surface area contributed by atoms with Crippen LogP contribution in [0.25, 0.3) is 0 Å². The standard InChI is InChI=1S/C12H12F4O2/c1-3-7-4-8(11(13)14)5-9(18-12(15)16)10(7)6(2)17/h4-5,11-12H,3H2,1-2H3. The molecule has 0 bridgehead atoms. The van der Waals surface area contributed by atoms with Gasteiger partial charge in [-0.05, 0) is 31.0 Å². The summed E-state index contributed by atoms with van der Waals surface area (Å²) in [4.78, 5) is 11.4. The highest BCUT2D eigenvalue weighted by Gasteiger charge is 2.20. The van der Waals surface area contributed by atoms with Crippen LogP contribution in [0.15, 0.2) is 12.1 Å². The van der Waals surface area contributed by atoms with Gasteiger partial charge in [-0.3, -0.25) is 4.79 Å². The van der Waals surface area contributed by atoms with Crippen LogP contribution in [0.1, 0.15) is 41.8 Å². The Hall–Kier alpha value is -1.59. The molecular weight excluding hydrogens is 252 g/mol. The second-order valence-corrected chi connectivity index (χ2v) is 3.64. The highest BCUT2D eigenvalue weighted by Crippen LogP contribution is 2.31. The summed E-state index contributed by atoms with van der Waals surface area (Å²) in [6, 6.07) is 1.92. The van der Waals surface area contributed by atoms with E-state index in [4.69, 9.17) is 0 Å². The summed E-state index contributed by atoms with van der Waals surface area (Å²) in [6.07, 6.45) is -2.54. The molecule has 18 heavy (non-hydrogen) atoms. The number of halogens is 4. The van der Waals surface area contributed by atoms with Crippen LogP contribution in [0.2, 0.25) is 0 Å². The minimum Gasteiger partial charge on any atom is -0.434 e. The van der Waals surface area contributed by atoms with Crippen LogP contribution in [-0.2, 0) is 6.42 Å². The third-order valence-corrected chi connectivity index (χ3v) is 2.41. The van der Waals surface area contributed by atoms with Gasteiger partial charge in [0.05, 0.1) is 5.56 Å². The summed E-state index contributed by atoms with van der Waals surface area (Å²) >= 11 is 0. The maximum atomic E-state index is 12.6. The van der Waals surface area contributed by atoms with E-state index in [9.17, 15) is 22.4 Å². The average molecular weight is 264 g/mol. The molecule has 6 heteroatoms. The van der Waals surface area contributed by atoms with E-state index in [1.807, 2.05) is 0 Å². The fourth-order valence-corrected chi connectivity index (χ4v) is 1.69. The average Bonchev–Trinajstić information content (AvgIpc) is 2.26. The lowest BCUT2D eigenvalue weighted by Crippen LogP contribution is -2.10. The van der Waals surface area contributed by atoms with Crippen molar-refractivity contribution in [3.05, 3.63) is 28.8 Å². The smallest absolute Gasteiger partial charge is 0.387 e. The van der Waals surface area contributed by atoms with Gasteiger partial charge in [0.1, 0.15) is 5.75 Å². The molecule has 1 rings (SSSR count). The lowest BCUT2D eigenvalue weighted by atomic mass is 9.98. The minimum absolute atomic E-state index is 0.0674. The van der Waals surface area contributed by atoms with Crippen molar-refractivity contribution in [2.75, 3.05) is 0 Å². The third kappa shape index (κ3) is 3.21. The predicted molar refractivity (Wildman–Crippen MR) is 57.4 cm³/mol. The third-order valence-electron chi connectivity index (χ3n) is 2.41. The van der Waals surface area contributed by atoms with E-state index >= 15 is 0 Å². The predicted octanol–water partition coefficient (Wildman–Crippen LogP) is 3.99. The van der Waals surface area contributed by atoms with Crippen LogP contribution in [0.3, 0.4) is 0 Å². The van der Waals surface area contributed by atoms with Crippen LogP contribution >= 0.6 is 0 Å². The molecule has 0 aliphatic heterocycles. The number of benzene rings is 1. The van der Waals surface area contributed by atoms with Crippen LogP contribution in [-0.4, -0.2) is 12.4 Å². The van der Waals surface area contributed by atoms with Crippen molar-refractivity contribution in [1.82, 2.24) is 0 Å². The largest absolute Gasteiger partial charge is 0.434 e. The summed E-state index contributed by atoms with van der Waals surface area (Å²) in [5.74, 6) is -0.990. The maximum absolute atomic E-state index is 12.6. The molecule has 0 spiro atoms. The summed E-state index contributed by atoms with van der Waals surface area (Å²) in [7, 11) is 0. The van der Waals surface area contributed by atoms with Crippen molar-refractivity contribution in [3.8, 4) is 5.75 Å². The van der Waals surface area contributed by atoms with Gasteiger partial charge in [0.15, 0.2) is 5.78 Å². The van der Waals surface area contributed by atoms with Gasteiger partial charge in [0.25, 0.3) is 6.43 Å². The normalized spacial score (nSPS) is 11.1. The Kier molecular flexibility index (Phi) is 4.69. The molecule has 0 N–H and O–H groups in total. The molecule has 100 valence electrons.